The van der Waals surface area contributed by atoms with E-state index in [1.165, 1.54) is 0 Å². The predicted octanol–water partition coefficient (Wildman–Crippen LogP) is 3.94. The van der Waals surface area contributed by atoms with Crippen LogP contribution in [0.25, 0.3) is 11.0 Å². The van der Waals surface area contributed by atoms with Crippen molar-refractivity contribution in [1.29, 1.82) is 0 Å². The van der Waals surface area contributed by atoms with Crippen LogP contribution in [0.3, 0.4) is 0 Å². The Bertz CT molecular complexity index is 1070. The minimum atomic E-state index is -0.147. The number of rotatable bonds is 6. The number of benzene rings is 3. The summed E-state index contributed by atoms with van der Waals surface area (Å²) in [5.41, 5.74) is 7.21. The quantitative estimate of drug-likeness (QED) is 0.356. The van der Waals surface area contributed by atoms with Gasteiger partial charge in [0.2, 0.25) is 0 Å². The average molecular weight is 369 g/mol. The molecule has 0 aliphatic heterocycles. The standard InChI is InChI=1S/C22H19N5O/c28-22(23-15-21-25-19-8-4-5-9-20(19)26-21)17-12-10-16(11-13-17)14-24-27-18-6-2-1-3-7-18/h1-14,27H,15H2,(H,23,28)(H,25,26)/b24-14+. The first kappa shape index (κ1) is 17.5. The number of aromatic nitrogens is 2. The number of hydrazone groups is 1. The van der Waals surface area contributed by atoms with E-state index in [2.05, 4.69) is 25.8 Å². The van der Waals surface area contributed by atoms with Gasteiger partial charge < -0.3 is 10.3 Å². The molecule has 28 heavy (non-hydrogen) atoms. The zero-order valence-electron chi connectivity index (χ0n) is 15.1. The molecule has 0 saturated heterocycles. The van der Waals surface area contributed by atoms with Crippen molar-refractivity contribution < 1.29 is 4.79 Å². The van der Waals surface area contributed by atoms with Gasteiger partial charge in [-0.15, -0.1) is 0 Å². The second-order valence-electron chi connectivity index (χ2n) is 6.24. The Morgan fingerprint density at radius 3 is 2.50 bits per heavy atom. The number of carbonyl (C=O) groups is 1. The molecule has 1 amide bonds. The monoisotopic (exact) mass is 369 g/mol. The SMILES string of the molecule is O=C(NCc1nc2ccccc2[nH]1)c1ccc(/C=N/Nc2ccccc2)cc1. The van der Waals surface area contributed by atoms with Crippen molar-refractivity contribution in [2.24, 2.45) is 5.10 Å². The maximum atomic E-state index is 12.3. The van der Waals surface area contributed by atoms with Crippen molar-refractivity contribution in [3.8, 4) is 0 Å². The number of hydrogen-bond acceptors (Lipinski definition) is 4. The smallest absolute Gasteiger partial charge is 0.251 e. The molecule has 138 valence electrons. The lowest BCUT2D eigenvalue weighted by atomic mass is 10.1. The number of hydrogen-bond donors (Lipinski definition) is 3. The van der Waals surface area contributed by atoms with Crippen LogP contribution >= 0.6 is 0 Å². The van der Waals surface area contributed by atoms with Gasteiger partial charge in [-0.05, 0) is 42.0 Å². The first-order valence-electron chi connectivity index (χ1n) is 8.94. The molecule has 0 unspecified atom stereocenters. The molecular weight excluding hydrogens is 350 g/mol. The van der Waals surface area contributed by atoms with Crippen LogP contribution in [0.5, 0.6) is 0 Å². The predicted molar refractivity (Wildman–Crippen MR) is 111 cm³/mol. The van der Waals surface area contributed by atoms with Gasteiger partial charge in [0.15, 0.2) is 0 Å². The third-order valence-electron chi connectivity index (χ3n) is 4.21. The summed E-state index contributed by atoms with van der Waals surface area (Å²) in [6, 6.07) is 24.7. The van der Waals surface area contributed by atoms with Crippen molar-refractivity contribution >= 4 is 28.8 Å². The summed E-state index contributed by atoms with van der Waals surface area (Å²) in [6.45, 7) is 0.345. The van der Waals surface area contributed by atoms with E-state index < -0.39 is 0 Å². The minimum Gasteiger partial charge on any atom is -0.345 e. The van der Waals surface area contributed by atoms with E-state index in [1.54, 1.807) is 18.3 Å². The van der Waals surface area contributed by atoms with Crippen LogP contribution in [0.2, 0.25) is 0 Å². The number of nitrogens with one attached hydrogen (secondary N) is 3. The van der Waals surface area contributed by atoms with Gasteiger partial charge >= 0.3 is 0 Å². The molecule has 0 spiro atoms. The lowest BCUT2D eigenvalue weighted by Crippen LogP contribution is -2.23. The van der Waals surface area contributed by atoms with Gasteiger partial charge in [0.05, 0.1) is 29.5 Å². The number of amides is 1. The van der Waals surface area contributed by atoms with Crippen LogP contribution in [0.15, 0.2) is 84.0 Å². The lowest BCUT2D eigenvalue weighted by Gasteiger charge is -2.04. The highest BCUT2D eigenvalue weighted by Crippen LogP contribution is 2.10. The molecular formula is C22H19N5O. The van der Waals surface area contributed by atoms with E-state index in [4.69, 9.17) is 0 Å². The van der Waals surface area contributed by atoms with Crippen molar-refractivity contribution in [2.45, 2.75) is 6.54 Å². The Morgan fingerprint density at radius 2 is 1.71 bits per heavy atom. The Labute approximate surface area is 162 Å². The summed E-state index contributed by atoms with van der Waals surface area (Å²) in [4.78, 5) is 20.0. The van der Waals surface area contributed by atoms with E-state index >= 15 is 0 Å². The molecule has 3 N–H and O–H groups in total. The summed E-state index contributed by atoms with van der Waals surface area (Å²) < 4.78 is 0. The molecule has 1 aromatic heterocycles. The van der Waals surface area contributed by atoms with Gasteiger partial charge in [0.1, 0.15) is 5.82 Å². The van der Waals surface area contributed by atoms with Crippen molar-refractivity contribution in [1.82, 2.24) is 15.3 Å². The molecule has 0 radical (unpaired) electrons. The first-order valence-corrected chi connectivity index (χ1v) is 8.94. The number of para-hydroxylation sites is 3. The molecule has 0 saturated carbocycles. The molecule has 0 aliphatic carbocycles. The van der Waals surface area contributed by atoms with E-state index in [0.29, 0.717) is 12.1 Å². The van der Waals surface area contributed by atoms with Gasteiger partial charge in [-0.25, -0.2) is 4.98 Å². The molecule has 4 aromatic rings. The number of aromatic amines is 1. The molecule has 3 aromatic carbocycles. The maximum Gasteiger partial charge on any atom is 0.251 e. The fourth-order valence-electron chi connectivity index (χ4n) is 2.77. The van der Waals surface area contributed by atoms with Gasteiger partial charge in [0, 0.05) is 5.56 Å². The molecule has 6 heteroatoms. The minimum absolute atomic E-state index is 0.147. The maximum absolute atomic E-state index is 12.3. The molecule has 0 bridgehead atoms. The summed E-state index contributed by atoms with van der Waals surface area (Å²) >= 11 is 0. The number of carbonyl (C=O) groups excluding carboxylic acids is 1. The normalized spacial score (nSPS) is 11.0. The van der Waals surface area contributed by atoms with Crippen molar-refractivity contribution in [3.63, 3.8) is 0 Å². The Morgan fingerprint density at radius 1 is 0.964 bits per heavy atom. The van der Waals surface area contributed by atoms with Crippen molar-refractivity contribution in [3.05, 3.63) is 95.8 Å². The van der Waals surface area contributed by atoms with E-state index in [9.17, 15) is 4.79 Å². The molecule has 0 atom stereocenters. The summed E-state index contributed by atoms with van der Waals surface area (Å²) in [5.74, 6) is 0.580. The third-order valence-corrected chi connectivity index (χ3v) is 4.21. The van der Waals surface area contributed by atoms with Crippen LogP contribution in [0.1, 0.15) is 21.7 Å². The van der Waals surface area contributed by atoms with E-state index in [0.717, 1.165) is 28.1 Å². The number of H-pyrrole nitrogens is 1. The molecule has 0 aliphatic rings. The third kappa shape index (κ3) is 4.24. The second-order valence-corrected chi connectivity index (χ2v) is 6.24. The lowest BCUT2D eigenvalue weighted by molar-refractivity contribution is 0.0950. The Kier molecular flexibility index (Phi) is 5.11. The van der Waals surface area contributed by atoms with Crippen LogP contribution in [0.4, 0.5) is 5.69 Å². The molecule has 6 nitrogen and oxygen atoms in total. The van der Waals surface area contributed by atoms with Crippen LogP contribution < -0.4 is 10.7 Å². The highest BCUT2D eigenvalue weighted by molar-refractivity contribution is 5.95. The number of fused-ring (bicyclic) bond motifs is 1. The zero-order chi connectivity index (χ0) is 19.2. The average Bonchev–Trinajstić information content (AvgIpc) is 3.16. The van der Waals surface area contributed by atoms with Crippen LogP contribution in [0, 0.1) is 0 Å². The summed E-state index contributed by atoms with van der Waals surface area (Å²) in [5, 5.41) is 7.08. The molecule has 4 rings (SSSR count). The van der Waals surface area contributed by atoms with Crippen LogP contribution in [-0.4, -0.2) is 22.1 Å². The summed E-state index contributed by atoms with van der Waals surface area (Å²) in [7, 11) is 0. The molecule has 1 heterocycles. The Hall–Kier alpha value is -3.93. The second kappa shape index (κ2) is 8.18. The number of imidazole rings is 1. The number of nitrogens with zero attached hydrogens (tertiary/aromatic N) is 2. The molecule has 0 fully saturated rings. The van der Waals surface area contributed by atoms with Gasteiger partial charge in [-0.3, -0.25) is 10.2 Å². The van der Waals surface area contributed by atoms with Crippen molar-refractivity contribution in [2.75, 3.05) is 5.43 Å². The van der Waals surface area contributed by atoms with E-state index in [1.807, 2.05) is 66.7 Å². The topological polar surface area (TPSA) is 82.2 Å². The van der Waals surface area contributed by atoms with Gasteiger partial charge in [-0.2, -0.15) is 5.10 Å². The number of anilines is 1. The fourth-order valence-corrected chi connectivity index (χ4v) is 2.77. The van der Waals surface area contributed by atoms with Crippen LogP contribution in [-0.2, 0) is 6.54 Å². The van der Waals surface area contributed by atoms with Gasteiger partial charge in [0.25, 0.3) is 5.91 Å². The fraction of sp³-hybridized carbons (Fsp3) is 0.0455. The highest BCUT2D eigenvalue weighted by atomic mass is 16.1. The van der Waals surface area contributed by atoms with Gasteiger partial charge in [-0.1, -0.05) is 42.5 Å². The largest absolute Gasteiger partial charge is 0.345 e. The Balaban J connectivity index is 1.33. The zero-order valence-corrected chi connectivity index (χ0v) is 15.1. The van der Waals surface area contributed by atoms with E-state index in [-0.39, 0.29) is 5.91 Å². The summed E-state index contributed by atoms with van der Waals surface area (Å²) in [6.07, 6.45) is 1.71. The highest BCUT2D eigenvalue weighted by Gasteiger charge is 2.07. The first-order chi connectivity index (χ1) is 13.8.